The molecule has 2 unspecified atom stereocenters. The number of rotatable bonds is 8. The summed E-state index contributed by atoms with van der Waals surface area (Å²) in [5, 5.41) is 8.20. The first-order valence-corrected chi connectivity index (χ1v) is 8.59. The van der Waals surface area contributed by atoms with Crippen molar-refractivity contribution in [3.63, 3.8) is 0 Å². The van der Waals surface area contributed by atoms with E-state index in [-0.39, 0.29) is 0 Å². The lowest BCUT2D eigenvalue weighted by Gasteiger charge is -2.27. The first kappa shape index (κ1) is 16.7. The van der Waals surface area contributed by atoms with Crippen LogP contribution in [0.2, 0.25) is 0 Å². The first-order valence-electron chi connectivity index (χ1n) is 7.65. The van der Waals surface area contributed by atoms with E-state index < -0.39 is 0 Å². The monoisotopic (exact) mass is 281 g/mol. The molecule has 0 aliphatic heterocycles. The lowest BCUT2D eigenvalue weighted by Crippen LogP contribution is -2.34. The van der Waals surface area contributed by atoms with Crippen LogP contribution in [-0.2, 0) is 6.42 Å². The first-order chi connectivity index (χ1) is 8.90. The average molecular weight is 282 g/mol. The maximum Gasteiger partial charge on any atom is 0.0110 e. The molecular formula is C17H31NS. The Kier molecular flexibility index (Phi) is 7.09. The fourth-order valence-electron chi connectivity index (χ4n) is 2.90. The molecule has 0 spiro atoms. The van der Waals surface area contributed by atoms with Crippen LogP contribution in [0.5, 0.6) is 0 Å². The highest BCUT2D eigenvalue weighted by Crippen LogP contribution is 2.27. The van der Waals surface area contributed by atoms with Gasteiger partial charge in [0.05, 0.1) is 0 Å². The minimum Gasteiger partial charge on any atom is -0.314 e. The molecule has 1 nitrogen and oxygen atoms in total. The standard InChI is InChI=1S/C17H31NS/c1-6-8-18-16(11-15-7-9-19-13-15)10-14(2)12-17(3,4)5/h7,9,13-14,16,18H,6,8,10-12H2,1-5H3. The molecule has 0 saturated carbocycles. The molecule has 0 aliphatic rings. The zero-order chi connectivity index (χ0) is 14.3. The minimum absolute atomic E-state index is 0.442. The Morgan fingerprint density at radius 3 is 2.58 bits per heavy atom. The third-order valence-corrected chi connectivity index (χ3v) is 4.12. The molecular weight excluding hydrogens is 250 g/mol. The molecule has 2 heteroatoms. The fourth-order valence-corrected chi connectivity index (χ4v) is 3.58. The topological polar surface area (TPSA) is 12.0 Å². The van der Waals surface area contributed by atoms with E-state index in [9.17, 15) is 0 Å². The summed E-state index contributed by atoms with van der Waals surface area (Å²) in [4.78, 5) is 0. The second-order valence-electron chi connectivity index (χ2n) is 7.09. The Labute approximate surface area is 123 Å². The zero-order valence-electron chi connectivity index (χ0n) is 13.3. The van der Waals surface area contributed by atoms with Crippen molar-refractivity contribution in [2.75, 3.05) is 6.54 Å². The third kappa shape index (κ3) is 7.74. The van der Waals surface area contributed by atoms with E-state index in [0.717, 1.165) is 12.5 Å². The van der Waals surface area contributed by atoms with E-state index in [2.05, 4.69) is 56.8 Å². The van der Waals surface area contributed by atoms with E-state index in [0.29, 0.717) is 11.5 Å². The summed E-state index contributed by atoms with van der Waals surface area (Å²) in [7, 11) is 0. The van der Waals surface area contributed by atoms with E-state index in [1.165, 1.54) is 31.2 Å². The molecule has 1 N–H and O–H groups in total. The van der Waals surface area contributed by atoms with Gasteiger partial charge < -0.3 is 5.32 Å². The maximum atomic E-state index is 3.73. The molecule has 0 aromatic carbocycles. The second-order valence-corrected chi connectivity index (χ2v) is 7.87. The Hall–Kier alpha value is -0.340. The highest BCUT2D eigenvalue weighted by atomic mass is 32.1. The molecule has 0 saturated heterocycles. The van der Waals surface area contributed by atoms with Gasteiger partial charge in [-0.15, -0.1) is 0 Å². The van der Waals surface area contributed by atoms with Gasteiger partial charge in [-0.05, 0) is 66.0 Å². The molecule has 1 aromatic rings. The van der Waals surface area contributed by atoms with Crippen molar-refractivity contribution in [2.24, 2.45) is 11.3 Å². The molecule has 19 heavy (non-hydrogen) atoms. The van der Waals surface area contributed by atoms with Crippen LogP contribution in [0.4, 0.5) is 0 Å². The summed E-state index contributed by atoms with van der Waals surface area (Å²) < 4.78 is 0. The van der Waals surface area contributed by atoms with Gasteiger partial charge >= 0.3 is 0 Å². The Morgan fingerprint density at radius 1 is 1.32 bits per heavy atom. The van der Waals surface area contributed by atoms with E-state index in [1.54, 1.807) is 11.3 Å². The van der Waals surface area contributed by atoms with Gasteiger partial charge in [0.25, 0.3) is 0 Å². The van der Waals surface area contributed by atoms with Gasteiger partial charge in [0.15, 0.2) is 0 Å². The molecule has 110 valence electrons. The largest absolute Gasteiger partial charge is 0.314 e. The fraction of sp³-hybridized carbons (Fsp3) is 0.765. The number of thiophene rings is 1. The summed E-state index contributed by atoms with van der Waals surface area (Å²) in [5.41, 5.74) is 1.93. The van der Waals surface area contributed by atoms with Crippen LogP contribution >= 0.6 is 11.3 Å². The van der Waals surface area contributed by atoms with Crippen LogP contribution in [0.1, 0.15) is 59.4 Å². The predicted octanol–water partition coefficient (Wildman–Crippen LogP) is 5.12. The Balaban J connectivity index is 2.48. The number of nitrogens with one attached hydrogen (secondary N) is 1. The molecule has 0 bridgehead atoms. The van der Waals surface area contributed by atoms with Crippen LogP contribution in [0.3, 0.4) is 0 Å². The summed E-state index contributed by atoms with van der Waals surface area (Å²) in [5.74, 6) is 0.785. The van der Waals surface area contributed by atoms with Crippen molar-refractivity contribution < 1.29 is 0 Å². The molecule has 0 fully saturated rings. The molecule has 1 heterocycles. The van der Waals surface area contributed by atoms with Gasteiger partial charge in [-0.2, -0.15) is 11.3 Å². The van der Waals surface area contributed by atoms with Crippen molar-refractivity contribution in [1.29, 1.82) is 0 Å². The van der Waals surface area contributed by atoms with E-state index in [1.807, 2.05) is 0 Å². The van der Waals surface area contributed by atoms with Gasteiger partial charge in [-0.25, -0.2) is 0 Å². The quantitative estimate of drug-likeness (QED) is 0.697. The predicted molar refractivity (Wildman–Crippen MR) is 88.0 cm³/mol. The second kappa shape index (κ2) is 8.06. The SMILES string of the molecule is CCCNC(Cc1ccsc1)CC(C)CC(C)(C)C. The van der Waals surface area contributed by atoms with Crippen molar-refractivity contribution in [1.82, 2.24) is 5.32 Å². The van der Waals surface area contributed by atoms with Gasteiger partial charge in [-0.3, -0.25) is 0 Å². The number of hydrogen-bond donors (Lipinski definition) is 1. The van der Waals surface area contributed by atoms with Crippen molar-refractivity contribution in [2.45, 2.75) is 66.3 Å². The minimum atomic E-state index is 0.442. The van der Waals surface area contributed by atoms with Crippen LogP contribution in [0.25, 0.3) is 0 Å². The zero-order valence-corrected chi connectivity index (χ0v) is 14.1. The molecule has 1 aromatic heterocycles. The summed E-state index contributed by atoms with van der Waals surface area (Å²) in [6, 6.07) is 2.89. The highest BCUT2D eigenvalue weighted by Gasteiger charge is 2.19. The van der Waals surface area contributed by atoms with Crippen LogP contribution in [0, 0.1) is 11.3 Å². The lowest BCUT2D eigenvalue weighted by molar-refractivity contribution is 0.274. The maximum absolute atomic E-state index is 3.73. The lowest BCUT2D eigenvalue weighted by atomic mass is 9.82. The van der Waals surface area contributed by atoms with Crippen LogP contribution in [0.15, 0.2) is 16.8 Å². The van der Waals surface area contributed by atoms with Crippen LogP contribution < -0.4 is 5.32 Å². The van der Waals surface area contributed by atoms with Gasteiger partial charge in [0.2, 0.25) is 0 Å². The summed E-state index contributed by atoms with van der Waals surface area (Å²) in [6.07, 6.45) is 4.99. The van der Waals surface area contributed by atoms with Crippen molar-refractivity contribution >= 4 is 11.3 Å². The van der Waals surface area contributed by atoms with Gasteiger partial charge in [-0.1, -0.05) is 34.6 Å². The third-order valence-electron chi connectivity index (χ3n) is 3.39. The van der Waals surface area contributed by atoms with Gasteiger partial charge in [0, 0.05) is 6.04 Å². The summed E-state index contributed by atoms with van der Waals surface area (Å²) >= 11 is 1.81. The molecule has 0 aliphatic carbocycles. The molecule has 2 atom stereocenters. The number of hydrogen-bond acceptors (Lipinski definition) is 2. The Morgan fingerprint density at radius 2 is 2.05 bits per heavy atom. The molecule has 0 radical (unpaired) electrons. The van der Waals surface area contributed by atoms with Crippen LogP contribution in [-0.4, -0.2) is 12.6 Å². The Bertz CT molecular complexity index is 324. The van der Waals surface area contributed by atoms with Crippen molar-refractivity contribution in [3.05, 3.63) is 22.4 Å². The smallest absolute Gasteiger partial charge is 0.0110 e. The average Bonchev–Trinajstić information content (AvgIpc) is 2.75. The van der Waals surface area contributed by atoms with Crippen molar-refractivity contribution in [3.8, 4) is 0 Å². The molecule has 1 rings (SSSR count). The van der Waals surface area contributed by atoms with Gasteiger partial charge in [0.1, 0.15) is 0 Å². The summed E-state index contributed by atoms with van der Waals surface area (Å²) in [6.45, 7) is 12.8. The van der Waals surface area contributed by atoms with E-state index >= 15 is 0 Å². The van der Waals surface area contributed by atoms with E-state index in [4.69, 9.17) is 0 Å². The highest BCUT2D eigenvalue weighted by molar-refractivity contribution is 7.07. The normalized spacial score (nSPS) is 15.4. The molecule has 0 amide bonds.